The predicted octanol–water partition coefficient (Wildman–Crippen LogP) is 3.05. The number of anilines is 1. The van der Waals surface area contributed by atoms with Crippen molar-refractivity contribution in [2.75, 3.05) is 11.9 Å². The lowest BCUT2D eigenvalue weighted by atomic mass is 9.98. The third-order valence-corrected chi connectivity index (χ3v) is 5.11. The summed E-state index contributed by atoms with van der Waals surface area (Å²) in [5.41, 5.74) is 9.35. The molecular weight excluding hydrogens is 266 g/mol. The van der Waals surface area contributed by atoms with Crippen LogP contribution >= 0.6 is 12.2 Å². The van der Waals surface area contributed by atoms with Crippen LogP contribution in [0.25, 0.3) is 0 Å². The number of nitrogens with two attached hydrogens (primary N) is 1. The van der Waals surface area contributed by atoms with Crippen LogP contribution in [0.1, 0.15) is 49.4 Å². The van der Waals surface area contributed by atoms with Gasteiger partial charge in [-0.2, -0.15) is 0 Å². The highest BCUT2D eigenvalue weighted by Crippen LogP contribution is 2.32. The largest absolute Gasteiger partial charge is 0.389 e. The van der Waals surface area contributed by atoms with Gasteiger partial charge in [0.15, 0.2) is 0 Å². The van der Waals surface area contributed by atoms with Gasteiger partial charge >= 0.3 is 0 Å². The van der Waals surface area contributed by atoms with Gasteiger partial charge in [0.25, 0.3) is 0 Å². The van der Waals surface area contributed by atoms with Crippen molar-refractivity contribution < 1.29 is 0 Å². The van der Waals surface area contributed by atoms with E-state index in [1.165, 1.54) is 36.9 Å². The highest BCUT2D eigenvalue weighted by atomic mass is 32.1. The molecule has 3 N–H and O–H groups in total. The monoisotopic (exact) mass is 289 g/mol. The molecule has 2 aliphatic rings. The van der Waals surface area contributed by atoms with Crippen LogP contribution in [0, 0.1) is 11.8 Å². The summed E-state index contributed by atoms with van der Waals surface area (Å²) in [6, 6.07) is 2.15. The number of thiocarbonyl (C=S) groups is 1. The van der Waals surface area contributed by atoms with Crippen LogP contribution in [-0.2, 0) is 12.8 Å². The van der Waals surface area contributed by atoms with Gasteiger partial charge in [0.05, 0.1) is 5.56 Å². The van der Waals surface area contributed by atoms with Gasteiger partial charge in [0.2, 0.25) is 0 Å². The number of pyridine rings is 1. The standard InChI is InChI=1S/C16H23N3S/c1-10-4-2-6-12(10)9-18-16-13(15(17)20)8-11-5-3-7-14(11)19-16/h8,10,12H,2-7,9H2,1H3,(H2,17,20)(H,18,19). The molecule has 108 valence electrons. The number of aryl methyl sites for hydroxylation is 2. The highest BCUT2D eigenvalue weighted by Gasteiger charge is 2.24. The van der Waals surface area contributed by atoms with Crippen molar-refractivity contribution in [3.63, 3.8) is 0 Å². The van der Waals surface area contributed by atoms with Crippen molar-refractivity contribution in [2.24, 2.45) is 17.6 Å². The quantitative estimate of drug-likeness (QED) is 0.837. The smallest absolute Gasteiger partial charge is 0.136 e. The van der Waals surface area contributed by atoms with Gasteiger partial charge in [0, 0.05) is 12.2 Å². The second-order valence-electron chi connectivity index (χ2n) is 6.26. The minimum atomic E-state index is 0.453. The summed E-state index contributed by atoms with van der Waals surface area (Å²) in [5.74, 6) is 2.46. The number of hydrogen-bond donors (Lipinski definition) is 2. The molecule has 0 radical (unpaired) electrons. The minimum Gasteiger partial charge on any atom is -0.389 e. The van der Waals surface area contributed by atoms with E-state index in [9.17, 15) is 0 Å². The molecule has 20 heavy (non-hydrogen) atoms. The van der Waals surface area contributed by atoms with Gasteiger partial charge < -0.3 is 11.1 Å². The van der Waals surface area contributed by atoms with Gasteiger partial charge in [-0.1, -0.05) is 32.0 Å². The summed E-state index contributed by atoms with van der Waals surface area (Å²) in [6.45, 7) is 3.34. The first kappa shape index (κ1) is 13.8. The first-order valence-corrected chi connectivity index (χ1v) is 8.12. The molecule has 0 bridgehead atoms. The first-order chi connectivity index (χ1) is 9.65. The Balaban J connectivity index is 1.79. The molecule has 2 aliphatic carbocycles. The van der Waals surface area contributed by atoms with Crippen molar-refractivity contribution >= 4 is 23.0 Å². The molecule has 1 fully saturated rings. The lowest BCUT2D eigenvalue weighted by Crippen LogP contribution is -2.21. The second-order valence-corrected chi connectivity index (χ2v) is 6.70. The van der Waals surface area contributed by atoms with E-state index in [2.05, 4.69) is 18.3 Å². The van der Waals surface area contributed by atoms with Gasteiger partial charge in [-0.3, -0.25) is 0 Å². The topological polar surface area (TPSA) is 50.9 Å². The van der Waals surface area contributed by atoms with Crippen LogP contribution in [0.15, 0.2) is 6.07 Å². The lowest BCUT2D eigenvalue weighted by Gasteiger charge is -2.18. The fourth-order valence-electron chi connectivity index (χ4n) is 3.55. The van der Waals surface area contributed by atoms with Crippen LogP contribution in [-0.4, -0.2) is 16.5 Å². The summed E-state index contributed by atoms with van der Waals surface area (Å²) in [4.78, 5) is 5.23. The number of fused-ring (bicyclic) bond motifs is 1. The molecule has 2 unspecified atom stereocenters. The van der Waals surface area contributed by atoms with E-state index < -0.39 is 0 Å². The van der Waals surface area contributed by atoms with Crippen molar-refractivity contribution in [3.05, 3.63) is 22.9 Å². The SMILES string of the molecule is CC1CCCC1CNc1nc2c(cc1C(N)=S)CCC2. The van der Waals surface area contributed by atoms with Gasteiger partial charge in [-0.05, 0) is 49.1 Å². The molecule has 0 aliphatic heterocycles. The summed E-state index contributed by atoms with van der Waals surface area (Å²) in [6.07, 6.45) is 7.42. The zero-order valence-corrected chi connectivity index (χ0v) is 12.9. The first-order valence-electron chi connectivity index (χ1n) is 7.71. The average molecular weight is 289 g/mol. The van der Waals surface area contributed by atoms with Crippen molar-refractivity contribution in [3.8, 4) is 0 Å². The Labute approximate surface area is 126 Å². The highest BCUT2D eigenvalue weighted by molar-refractivity contribution is 7.80. The molecule has 0 spiro atoms. The maximum absolute atomic E-state index is 5.87. The van der Waals surface area contributed by atoms with Crippen LogP contribution in [0.5, 0.6) is 0 Å². The molecule has 0 saturated heterocycles. The predicted molar refractivity (Wildman–Crippen MR) is 87.1 cm³/mol. The summed E-state index contributed by atoms with van der Waals surface area (Å²) in [7, 11) is 0. The molecule has 3 nitrogen and oxygen atoms in total. The maximum Gasteiger partial charge on any atom is 0.136 e. The van der Waals surface area contributed by atoms with Crippen molar-refractivity contribution in [2.45, 2.75) is 45.4 Å². The second kappa shape index (κ2) is 5.68. The summed E-state index contributed by atoms with van der Waals surface area (Å²) in [5, 5.41) is 3.52. The Kier molecular flexibility index (Phi) is 3.92. The number of nitrogens with zero attached hydrogens (tertiary/aromatic N) is 1. The molecular formula is C16H23N3S. The molecule has 1 aromatic rings. The van der Waals surface area contributed by atoms with Crippen LogP contribution < -0.4 is 11.1 Å². The molecule has 1 saturated carbocycles. The normalized spacial score (nSPS) is 24.6. The van der Waals surface area contributed by atoms with E-state index in [4.69, 9.17) is 22.9 Å². The number of aromatic nitrogens is 1. The number of nitrogens with one attached hydrogen (secondary N) is 1. The van der Waals surface area contributed by atoms with Crippen molar-refractivity contribution in [1.29, 1.82) is 0 Å². The molecule has 0 amide bonds. The third kappa shape index (κ3) is 2.66. The number of rotatable bonds is 4. The van der Waals surface area contributed by atoms with E-state index >= 15 is 0 Å². The Hall–Kier alpha value is -1.16. The fourth-order valence-corrected chi connectivity index (χ4v) is 3.70. The van der Waals surface area contributed by atoms with E-state index in [0.29, 0.717) is 4.99 Å². The van der Waals surface area contributed by atoms with E-state index in [1.807, 2.05) is 0 Å². The Morgan fingerprint density at radius 2 is 2.25 bits per heavy atom. The molecule has 0 aromatic carbocycles. The Morgan fingerprint density at radius 3 is 2.95 bits per heavy atom. The van der Waals surface area contributed by atoms with Gasteiger partial charge in [-0.15, -0.1) is 0 Å². The average Bonchev–Trinajstić information content (AvgIpc) is 3.03. The Morgan fingerprint density at radius 1 is 1.40 bits per heavy atom. The summed E-state index contributed by atoms with van der Waals surface area (Å²) >= 11 is 5.19. The lowest BCUT2D eigenvalue weighted by molar-refractivity contribution is 0.439. The van der Waals surface area contributed by atoms with Crippen LogP contribution in [0.2, 0.25) is 0 Å². The third-order valence-electron chi connectivity index (χ3n) is 4.89. The van der Waals surface area contributed by atoms with Crippen LogP contribution in [0.3, 0.4) is 0 Å². The Bertz CT molecular complexity index is 527. The zero-order valence-electron chi connectivity index (χ0n) is 12.1. The molecule has 4 heteroatoms. The van der Waals surface area contributed by atoms with Gasteiger partial charge in [-0.25, -0.2) is 4.98 Å². The molecule has 2 atom stereocenters. The van der Waals surface area contributed by atoms with Crippen LogP contribution in [0.4, 0.5) is 5.82 Å². The van der Waals surface area contributed by atoms with Crippen molar-refractivity contribution in [1.82, 2.24) is 4.98 Å². The van der Waals surface area contributed by atoms with E-state index in [0.717, 1.165) is 42.6 Å². The molecule has 3 rings (SSSR count). The van der Waals surface area contributed by atoms with Gasteiger partial charge in [0.1, 0.15) is 10.8 Å². The van der Waals surface area contributed by atoms with E-state index in [1.54, 1.807) is 0 Å². The molecule has 1 heterocycles. The molecule has 1 aromatic heterocycles. The summed E-state index contributed by atoms with van der Waals surface area (Å²) < 4.78 is 0. The minimum absolute atomic E-state index is 0.453. The maximum atomic E-state index is 5.87. The van der Waals surface area contributed by atoms with E-state index in [-0.39, 0.29) is 0 Å². The fraction of sp³-hybridized carbons (Fsp3) is 0.625. The zero-order chi connectivity index (χ0) is 14.1. The number of hydrogen-bond acceptors (Lipinski definition) is 3.